The zero-order valence-corrected chi connectivity index (χ0v) is 12.3. The van der Waals surface area contributed by atoms with Crippen molar-refractivity contribution in [3.8, 4) is 0 Å². The summed E-state index contributed by atoms with van der Waals surface area (Å²) < 4.78 is 5.41. The van der Waals surface area contributed by atoms with Crippen molar-refractivity contribution < 1.29 is 9.53 Å². The lowest BCUT2D eigenvalue weighted by molar-refractivity contribution is -0.140. The minimum atomic E-state index is 0.113. The maximum atomic E-state index is 12.1. The predicted molar refractivity (Wildman–Crippen MR) is 72.0 cm³/mol. The molecule has 0 spiro atoms. The Balaban J connectivity index is 4.49. The van der Waals surface area contributed by atoms with Crippen molar-refractivity contribution in [2.24, 2.45) is 5.92 Å². The van der Waals surface area contributed by atoms with Gasteiger partial charge in [-0.05, 0) is 32.6 Å². The third-order valence-electron chi connectivity index (χ3n) is 2.81. The highest BCUT2D eigenvalue weighted by Crippen LogP contribution is 2.12. The molecule has 0 aliphatic carbocycles. The molecular formula is C14H29NO2. The SMILES string of the molecule is CCC(CC)N(CC(C)C)C(=O)COC(C)C. The molecule has 3 nitrogen and oxygen atoms in total. The van der Waals surface area contributed by atoms with Crippen LogP contribution < -0.4 is 0 Å². The van der Waals surface area contributed by atoms with Crippen LogP contribution >= 0.6 is 0 Å². The van der Waals surface area contributed by atoms with Crippen molar-refractivity contribution in [3.63, 3.8) is 0 Å². The average Bonchev–Trinajstić information content (AvgIpc) is 2.25. The van der Waals surface area contributed by atoms with E-state index in [9.17, 15) is 4.79 Å². The van der Waals surface area contributed by atoms with Crippen molar-refractivity contribution in [1.82, 2.24) is 4.90 Å². The molecule has 0 aliphatic heterocycles. The Labute approximate surface area is 107 Å². The average molecular weight is 243 g/mol. The molecule has 0 heterocycles. The molecule has 0 saturated heterocycles. The molecule has 0 saturated carbocycles. The Hall–Kier alpha value is -0.570. The van der Waals surface area contributed by atoms with Gasteiger partial charge in [-0.2, -0.15) is 0 Å². The molecule has 102 valence electrons. The smallest absolute Gasteiger partial charge is 0.248 e. The minimum absolute atomic E-state index is 0.113. The number of rotatable bonds is 8. The molecule has 0 aromatic carbocycles. The maximum Gasteiger partial charge on any atom is 0.248 e. The lowest BCUT2D eigenvalue weighted by Crippen LogP contribution is -2.44. The number of ether oxygens (including phenoxy) is 1. The zero-order valence-electron chi connectivity index (χ0n) is 12.3. The first kappa shape index (κ1) is 16.4. The molecule has 0 radical (unpaired) electrons. The Morgan fingerprint density at radius 3 is 2.00 bits per heavy atom. The van der Waals surface area contributed by atoms with E-state index >= 15 is 0 Å². The molecule has 0 aliphatic rings. The van der Waals surface area contributed by atoms with Crippen LogP contribution in [0.3, 0.4) is 0 Å². The van der Waals surface area contributed by atoms with Crippen molar-refractivity contribution >= 4 is 5.91 Å². The molecule has 0 rings (SSSR count). The third-order valence-corrected chi connectivity index (χ3v) is 2.81. The number of hydrogen-bond donors (Lipinski definition) is 0. The van der Waals surface area contributed by atoms with E-state index < -0.39 is 0 Å². The summed E-state index contributed by atoms with van der Waals surface area (Å²) in [6, 6.07) is 0.348. The molecule has 0 N–H and O–H groups in total. The van der Waals surface area contributed by atoms with Gasteiger partial charge in [-0.3, -0.25) is 4.79 Å². The molecule has 0 aromatic rings. The van der Waals surface area contributed by atoms with Gasteiger partial charge in [0.25, 0.3) is 0 Å². The Kier molecular flexibility index (Phi) is 8.23. The normalized spacial score (nSPS) is 11.6. The zero-order chi connectivity index (χ0) is 13.4. The van der Waals surface area contributed by atoms with Crippen LogP contribution in [0.5, 0.6) is 0 Å². The number of carbonyl (C=O) groups is 1. The van der Waals surface area contributed by atoms with E-state index in [1.807, 2.05) is 18.7 Å². The van der Waals surface area contributed by atoms with Crippen molar-refractivity contribution in [1.29, 1.82) is 0 Å². The van der Waals surface area contributed by atoms with Gasteiger partial charge in [0.1, 0.15) is 6.61 Å². The summed E-state index contributed by atoms with van der Waals surface area (Å²) in [5.41, 5.74) is 0. The molecule has 0 atom stereocenters. The summed E-state index contributed by atoms with van der Waals surface area (Å²) in [7, 11) is 0. The van der Waals surface area contributed by atoms with E-state index in [4.69, 9.17) is 4.74 Å². The summed E-state index contributed by atoms with van der Waals surface area (Å²) >= 11 is 0. The van der Waals surface area contributed by atoms with Gasteiger partial charge in [0.2, 0.25) is 5.91 Å². The molecule has 17 heavy (non-hydrogen) atoms. The van der Waals surface area contributed by atoms with Crippen molar-refractivity contribution in [2.75, 3.05) is 13.2 Å². The highest BCUT2D eigenvalue weighted by Gasteiger charge is 2.22. The first-order valence-electron chi connectivity index (χ1n) is 6.83. The van der Waals surface area contributed by atoms with Crippen LogP contribution in [0.1, 0.15) is 54.4 Å². The lowest BCUT2D eigenvalue weighted by atomic mass is 10.1. The van der Waals surface area contributed by atoms with E-state index in [1.165, 1.54) is 0 Å². The fourth-order valence-corrected chi connectivity index (χ4v) is 1.90. The van der Waals surface area contributed by atoms with E-state index in [-0.39, 0.29) is 18.6 Å². The van der Waals surface area contributed by atoms with Crippen LogP contribution in [0.2, 0.25) is 0 Å². The summed E-state index contributed by atoms with van der Waals surface area (Å²) in [5.74, 6) is 0.625. The number of carbonyl (C=O) groups excluding carboxylic acids is 1. The van der Waals surface area contributed by atoms with Crippen molar-refractivity contribution in [3.05, 3.63) is 0 Å². The second-order valence-electron chi connectivity index (χ2n) is 5.27. The quantitative estimate of drug-likeness (QED) is 0.655. The van der Waals surface area contributed by atoms with Gasteiger partial charge in [0.15, 0.2) is 0 Å². The summed E-state index contributed by atoms with van der Waals surface area (Å²) in [4.78, 5) is 14.1. The second kappa shape index (κ2) is 8.51. The van der Waals surface area contributed by atoms with Crippen molar-refractivity contribution in [2.45, 2.75) is 66.5 Å². The monoisotopic (exact) mass is 243 g/mol. The van der Waals surface area contributed by atoms with Gasteiger partial charge in [-0.25, -0.2) is 0 Å². The minimum Gasteiger partial charge on any atom is -0.369 e. The second-order valence-corrected chi connectivity index (χ2v) is 5.27. The van der Waals surface area contributed by atoms with E-state index in [0.717, 1.165) is 19.4 Å². The molecule has 0 bridgehead atoms. The lowest BCUT2D eigenvalue weighted by Gasteiger charge is -2.32. The predicted octanol–water partition coefficient (Wildman–Crippen LogP) is 3.08. The number of amides is 1. The highest BCUT2D eigenvalue weighted by atomic mass is 16.5. The van der Waals surface area contributed by atoms with E-state index in [2.05, 4.69) is 27.7 Å². The van der Waals surface area contributed by atoms with Crippen LogP contribution in [-0.2, 0) is 9.53 Å². The van der Waals surface area contributed by atoms with Gasteiger partial charge in [-0.15, -0.1) is 0 Å². The molecule has 3 heteroatoms. The molecular weight excluding hydrogens is 214 g/mol. The number of nitrogens with zero attached hydrogens (tertiary/aromatic N) is 1. The van der Waals surface area contributed by atoms with Crippen LogP contribution in [0.4, 0.5) is 0 Å². The fourth-order valence-electron chi connectivity index (χ4n) is 1.90. The van der Waals surface area contributed by atoms with Gasteiger partial charge in [0, 0.05) is 12.6 Å². The van der Waals surface area contributed by atoms with Crippen LogP contribution in [0.15, 0.2) is 0 Å². The van der Waals surface area contributed by atoms with E-state index in [0.29, 0.717) is 12.0 Å². The number of hydrogen-bond acceptors (Lipinski definition) is 2. The first-order chi connectivity index (χ1) is 7.92. The van der Waals surface area contributed by atoms with Gasteiger partial charge >= 0.3 is 0 Å². The largest absolute Gasteiger partial charge is 0.369 e. The Bertz CT molecular complexity index is 210. The van der Waals surface area contributed by atoms with Crippen LogP contribution in [-0.4, -0.2) is 36.1 Å². The van der Waals surface area contributed by atoms with Gasteiger partial charge < -0.3 is 9.64 Å². The summed E-state index contributed by atoms with van der Waals surface area (Å²) in [6.07, 6.45) is 2.13. The van der Waals surface area contributed by atoms with Crippen LogP contribution in [0.25, 0.3) is 0 Å². The molecule has 0 fully saturated rings. The fraction of sp³-hybridized carbons (Fsp3) is 0.929. The Morgan fingerprint density at radius 2 is 1.65 bits per heavy atom. The molecule has 1 amide bonds. The summed E-state index contributed by atoms with van der Waals surface area (Å²) in [5, 5.41) is 0. The van der Waals surface area contributed by atoms with E-state index in [1.54, 1.807) is 0 Å². The van der Waals surface area contributed by atoms with Gasteiger partial charge in [-0.1, -0.05) is 27.7 Å². The first-order valence-corrected chi connectivity index (χ1v) is 6.83. The standard InChI is InChI=1S/C14H29NO2/c1-7-13(8-2)15(9-11(3)4)14(16)10-17-12(5)6/h11-13H,7-10H2,1-6H3. The van der Waals surface area contributed by atoms with Gasteiger partial charge in [0.05, 0.1) is 6.10 Å². The topological polar surface area (TPSA) is 29.5 Å². The highest BCUT2D eigenvalue weighted by molar-refractivity contribution is 5.77. The Morgan fingerprint density at radius 1 is 1.12 bits per heavy atom. The summed E-state index contributed by atoms with van der Waals surface area (Å²) in [6.45, 7) is 13.5. The third kappa shape index (κ3) is 6.67. The maximum absolute atomic E-state index is 12.1. The van der Waals surface area contributed by atoms with Crippen LogP contribution in [0, 0.1) is 5.92 Å². The molecule has 0 aromatic heterocycles. The molecule has 0 unspecified atom stereocenters.